The third-order valence-electron chi connectivity index (χ3n) is 8.64. The first-order chi connectivity index (χ1) is 18.5. The number of aromatic nitrogens is 2. The molecule has 3 aromatic carbocycles. The summed E-state index contributed by atoms with van der Waals surface area (Å²) in [4.78, 5) is 17.8. The number of hydrogen-bond donors (Lipinski definition) is 2. The highest BCUT2D eigenvalue weighted by molar-refractivity contribution is 6.10. The van der Waals surface area contributed by atoms with Gasteiger partial charge in [-0.2, -0.15) is 5.10 Å². The van der Waals surface area contributed by atoms with Gasteiger partial charge in [-0.25, -0.2) is 0 Å². The monoisotopic (exact) mass is 501 g/mol. The number of aryl methyl sites for hydroxylation is 1. The molecule has 1 spiro atoms. The second kappa shape index (κ2) is 8.75. The van der Waals surface area contributed by atoms with Crippen LogP contribution in [0.25, 0.3) is 10.9 Å². The summed E-state index contributed by atoms with van der Waals surface area (Å²) in [6, 6.07) is 21.3. The molecule has 2 N–H and O–H groups in total. The maximum absolute atomic E-state index is 13.1. The van der Waals surface area contributed by atoms with Crippen molar-refractivity contribution in [2.45, 2.75) is 31.1 Å². The molecule has 2 aliphatic heterocycles. The van der Waals surface area contributed by atoms with Gasteiger partial charge in [0, 0.05) is 54.4 Å². The normalized spacial score (nSPS) is 22.3. The van der Waals surface area contributed by atoms with E-state index in [0.717, 1.165) is 78.0 Å². The second-order valence-electron chi connectivity index (χ2n) is 10.9. The number of nitrogens with zero attached hydrogens (tertiary/aromatic N) is 3. The average Bonchev–Trinajstić information content (AvgIpc) is 3.49. The summed E-state index contributed by atoms with van der Waals surface area (Å²) >= 11 is 0. The Hall–Kier alpha value is -4.08. The van der Waals surface area contributed by atoms with Crippen LogP contribution in [-0.2, 0) is 16.6 Å². The van der Waals surface area contributed by atoms with E-state index in [1.807, 2.05) is 0 Å². The molecule has 2 fully saturated rings. The number of nitrogens with one attached hydrogen (secondary N) is 2. The zero-order valence-electron chi connectivity index (χ0n) is 21.8. The van der Waals surface area contributed by atoms with E-state index in [2.05, 4.69) is 112 Å². The lowest BCUT2D eigenvalue weighted by Gasteiger charge is -2.34. The summed E-state index contributed by atoms with van der Waals surface area (Å²) < 4.78 is 0. The topological polar surface area (TPSA) is 64.3 Å². The average molecular weight is 502 g/mol. The lowest BCUT2D eigenvalue weighted by molar-refractivity contribution is -0.118. The smallest absolute Gasteiger partial charge is 0.235 e. The standard InChI is InChI=1S/C32H31N5O/c1-3-21-6-13-29-26(18-21)32(31(38)33-29)20-27(32)23-8-11-25-28(34-35-30(25)19-23)12-7-22-4-9-24(10-5-22)37-16-14-36(2)15-17-37/h4-6,8-11,13,18-19,27H,3,14-17,20H2,1-2H3,(H,33,38)(H,34,35)/t27-,32-/m0/s1. The lowest BCUT2D eigenvalue weighted by atomic mass is 9.90. The Morgan fingerprint density at radius 3 is 2.61 bits per heavy atom. The first kappa shape index (κ1) is 23.1. The zero-order chi connectivity index (χ0) is 25.9. The number of hydrogen-bond acceptors (Lipinski definition) is 4. The van der Waals surface area contributed by atoms with Crippen molar-refractivity contribution >= 4 is 28.2 Å². The zero-order valence-corrected chi connectivity index (χ0v) is 21.8. The number of amides is 1. The van der Waals surface area contributed by atoms with Crippen molar-refractivity contribution < 1.29 is 4.79 Å². The molecule has 2 atom stereocenters. The third kappa shape index (κ3) is 3.69. The fourth-order valence-electron chi connectivity index (χ4n) is 6.16. The fraction of sp³-hybridized carbons (Fsp3) is 0.312. The number of piperazine rings is 1. The van der Waals surface area contributed by atoms with Crippen molar-refractivity contribution in [1.29, 1.82) is 0 Å². The number of H-pyrrole nitrogens is 1. The molecule has 1 saturated carbocycles. The lowest BCUT2D eigenvalue weighted by Crippen LogP contribution is -2.44. The molecule has 0 bridgehead atoms. The number of aromatic amines is 1. The Kier molecular flexibility index (Phi) is 5.31. The fourth-order valence-corrected chi connectivity index (χ4v) is 6.16. The molecular weight excluding hydrogens is 470 g/mol. The quantitative estimate of drug-likeness (QED) is 0.401. The maximum Gasteiger partial charge on any atom is 0.235 e. The van der Waals surface area contributed by atoms with E-state index in [0.29, 0.717) is 0 Å². The minimum absolute atomic E-state index is 0.123. The molecular formula is C32H31N5O. The highest BCUT2D eigenvalue weighted by Gasteiger charge is 2.65. The van der Waals surface area contributed by atoms with E-state index in [-0.39, 0.29) is 11.8 Å². The van der Waals surface area contributed by atoms with Crippen LogP contribution in [0.2, 0.25) is 0 Å². The van der Waals surface area contributed by atoms with Gasteiger partial charge < -0.3 is 15.1 Å². The van der Waals surface area contributed by atoms with Gasteiger partial charge in [0.25, 0.3) is 0 Å². The van der Waals surface area contributed by atoms with Crippen molar-refractivity contribution in [3.05, 3.63) is 88.6 Å². The molecule has 38 heavy (non-hydrogen) atoms. The molecule has 3 heterocycles. The predicted octanol–water partition coefficient (Wildman–Crippen LogP) is 4.65. The Balaban J connectivity index is 1.11. The number of fused-ring (bicyclic) bond motifs is 3. The molecule has 1 aliphatic carbocycles. The van der Waals surface area contributed by atoms with Crippen molar-refractivity contribution in [2.24, 2.45) is 0 Å². The largest absolute Gasteiger partial charge is 0.369 e. The first-order valence-electron chi connectivity index (χ1n) is 13.5. The van der Waals surface area contributed by atoms with Crippen LogP contribution < -0.4 is 10.2 Å². The third-order valence-corrected chi connectivity index (χ3v) is 8.64. The molecule has 3 aliphatic rings. The molecule has 6 nitrogen and oxygen atoms in total. The van der Waals surface area contributed by atoms with Gasteiger partial charge in [0.1, 0.15) is 5.69 Å². The van der Waals surface area contributed by atoms with Gasteiger partial charge in [-0.1, -0.05) is 31.0 Å². The highest BCUT2D eigenvalue weighted by Crippen LogP contribution is 2.65. The van der Waals surface area contributed by atoms with Crippen molar-refractivity contribution in [3.63, 3.8) is 0 Å². The first-order valence-corrected chi connectivity index (χ1v) is 13.5. The van der Waals surface area contributed by atoms with Crippen LogP contribution in [0.3, 0.4) is 0 Å². The molecule has 6 heteroatoms. The SMILES string of the molecule is CCc1ccc2c(c1)[C@]1(C[C@H]1c1ccc3c(C#Cc4ccc(N5CCN(C)CC5)cc4)[nH]nc3c1)C(=O)N2. The predicted molar refractivity (Wildman–Crippen MR) is 152 cm³/mol. The molecule has 1 amide bonds. The van der Waals surface area contributed by atoms with Gasteiger partial charge >= 0.3 is 0 Å². The summed E-state index contributed by atoms with van der Waals surface area (Å²) in [5.41, 5.74) is 8.05. The van der Waals surface area contributed by atoms with Crippen molar-refractivity contribution in [3.8, 4) is 11.8 Å². The van der Waals surface area contributed by atoms with Crippen LogP contribution in [0.15, 0.2) is 60.7 Å². The molecule has 7 rings (SSSR count). The van der Waals surface area contributed by atoms with E-state index >= 15 is 0 Å². The Morgan fingerprint density at radius 1 is 1.00 bits per heavy atom. The van der Waals surface area contributed by atoms with Gasteiger partial charge in [0.15, 0.2) is 0 Å². The molecule has 0 radical (unpaired) electrons. The Morgan fingerprint density at radius 2 is 1.82 bits per heavy atom. The van der Waals surface area contributed by atoms with Crippen molar-refractivity contribution in [2.75, 3.05) is 43.4 Å². The number of carbonyl (C=O) groups is 1. The second-order valence-corrected chi connectivity index (χ2v) is 10.9. The number of carbonyl (C=O) groups excluding carboxylic acids is 1. The van der Waals surface area contributed by atoms with Crippen LogP contribution in [0.5, 0.6) is 0 Å². The molecule has 190 valence electrons. The van der Waals surface area contributed by atoms with E-state index in [1.54, 1.807) is 0 Å². The van der Waals surface area contributed by atoms with E-state index in [4.69, 9.17) is 0 Å². The van der Waals surface area contributed by atoms with Crippen LogP contribution in [0, 0.1) is 11.8 Å². The summed E-state index contributed by atoms with van der Waals surface area (Å²) in [6.45, 7) is 6.46. The highest BCUT2D eigenvalue weighted by atomic mass is 16.2. The number of benzene rings is 3. The van der Waals surface area contributed by atoms with Crippen LogP contribution in [0.1, 0.15) is 47.2 Å². The summed E-state index contributed by atoms with van der Waals surface area (Å²) in [6.07, 6.45) is 1.80. The molecule has 1 saturated heterocycles. The Bertz CT molecular complexity index is 1620. The maximum atomic E-state index is 13.1. The van der Waals surface area contributed by atoms with Crippen LogP contribution in [0.4, 0.5) is 11.4 Å². The molecule has 0 unspecified atom stereocenters. The van der Waals surface area contributed by atoms with Gasteiger partial charge in [-0.3, -0.25) is 9.89 Å². The minimum Gasteiger partial charge on any atom is -0.369 e. The van der Waals surface area contributed by atoms with Gasteiger partial charge in [-0.15, -0.1) is 0 Å². The van der Waals surface area contributed by atoms with E-state index in [1.165, 1.54) is 11.3 Å². The molecule has 4 aromatic rings. The van der Waals surface area contributed by atoms with Gasteiger partial charge in [0.2, 0.25) is 5.91 Å². The number of likely N-dealkylation sites (N-methyl/N-ethyl adjacent to an activating group) is 1. The van der Waals surface area contributed by atoms with Gasteiger partial charge in [0.05, 0.1) is 10.9 Å². The Labute approximate surface area is 223 Å². The van der Waals surface area contributed by atoms with E-state index in [9.17, 15) is 4.79 Å². The summed E-state index contributed by atoms with van der Waals surface area (Å²) in [5, 5.41) is 11.8. The number of rotatable bonds is 3. The van der Waals surface area contributed by atoms with E-state index < -0.39 is 5.41 Å². The number of anilines is 2. The molecule has 1 aromatic heterocycles. The van der Waals surface area contributed by atoms with Gasteiger partial charge in [-0.05, 0) is 85.0 Å². The van der Waals surface area contributed by atoms with Crippen LogP contribution in [-0.4, -0.2) is 54.2 Å². The van der Waals surface area contributed by atoms with Crippen LogP contribution >= 0.6 is 0 Å². The van der Waals surface area contributed by atoms with Crippen molar-refractivity contribution in [1.82, 2.24) is 15.1 Å². The summed E-state index contributed by atoms with van der Waals surface area (Å²) in [5.74, 6) is 6.87. The summed E-state index contributed by atoms with van der Waals surface area (Å²) in [7, 11) is 2.17. The minimum atomic E-state index is -0.441.